The second kappa shape index (κ2) is 12.4. The van der Waals surface area contributed by atoms with Crippen molar-refractivity contribution in [2.75, 3.05) is 44.2 Å². The first-order valence-corrected chi connectivity index (χ1v) is 17.1. The number of amides is 1. The summed E-state index contributed by atoms with van der Waals surface area (Å²) in [5.41, 5.74) is 16.8. The van der Waals surface area contributed by atoms with Gasteiger partial charge in [-0.3, -0.25) is 4.79 Å². The van der Waals surface area contributed by atoms with Gasteiger partial charge in [-0.1, -0.05) is 31.9 Å². The molecule has 3 aromatic carbocycles. The summed E-state index contributed by atoms with van der Waals surface area (Å²) < 4.78 is 9.70. The van der Waals surface area contributed by atoms with Crippen molar-refractivity contribution >= 4 is 17.2 Å². The highest BCUT2D eigenvalue weighted by Crippen LogP contribution is 2.46. The van der Waals surface area contributed by atoms with Gasteiger partial charge in [0.1, 0.15) is 24.6 Å². The van der Waals surface area contributed by atoms with Crippen molar-refractivity contribution in [1.82, 2.24) is 9.89 Å². The smallest absolute Gasteiger partial charge is 0.251 e. The second-order valence-electron chi connectivity index (χ2n) is 12.9. The first-order valence-electron chi connectivity index (χ1n) is 17.1. The Labute approximate surface area is 261 Å². The Kier molecular flexibility index (Phi) is 8.19. The van der Waals surface area contributed by atoms with E-state index in [1.807, 2.05) is 12.1 Å². The van der Waals surface area contributed by atoms with Gasteiger partial charge in [0, 0.05) is 71.2 Å². The Bertz CT molecular complexity index is 1740. The molecule has 1 amide bonds. The quantitative estimate of drug-likeness (QED) is 0.209. The molecular formula is C38H47N4O2+. The second-order valence-corrected chi connectivity index (χ2v) is 12.9. The number of rotatable bonds is 10. The van der Waals surface area contributed by atoms with Crippen molar-refractivity contribution < 1.29 is 9.53 Å². The molecule has 0 atom stereocenters. The predicted octanol–water partition coefficient (Wildman–Crippen LogP) is 4.62. The minimum absolute atomic E-state index is 0.00301. The van der Waals surface area contributed by atoms with E-state index in [2.05, 4.69) is 52.9 Å². The molecule has 0 radical (unpaired) electrons. The summed E-state index contributed by atoms with van der Waals surface area (Å²) in [5, 5.41) is 5.78. The van der Waals surface area contributed by atoms with E-state index in [4.69, 9.17) is 10.5 Å². The molecule has 0 saturated heterocycles. The maximum absolute atomic E-state index is 13.3. The van der Waals surface area contributed by atoms with Gasteiger partial charge >= 0.3 is 0 Å². The molecule has 0 spiro atoms. The number of fused-ring (bicyclic) bond motifs is 4. The molecule has 4 heterocycles. The van der Waals surface area contributed by atoms with E-state index in [1.165, 1.54) is 62.5 Å². The first-order chi connectivity index (χ1) is 21.6. The molecule has 3 N–H and O–H groups in total. The van der Waals surface area contributed by atoms with Crippen molar-refractivity contribution in [3.05, 3.63) is 85.9 Å². The number of hydrogen-bond donors (Lipinski definition) is 2. The van der Waals surface area contributed by atoms with Gasteiger partial charge in [-0.2, -0.15) is 0 Å². The van der Waals surface area contributed by atoms with Gasteiger partial charge in [-0.05, 0) is 87.4 Å². The monoisotopic (exact) mass is 591 g/mol. The van der Waals surface area contributed by atoms with Gasteiger partial charge < -0.3 is 20.7 Å². The molecule has 6 nitrogen and oxygen atoms in total. The Morgan fingerprint density at radius 1 is 0.977 bits per heavy atom. The van der Waals surface area contributed by atoms with Crippen LogP contribution in [0.4, 0.5) is 5.69 Å². The number of unbranched alkanes of at least 4 members (excludes halogenated alkanes) is 3. The molecule has 230 valence electrons. The summed E-state index contributed by atoms with van der Waals surface area (Å²) in [4.78, 5) is 15.9. The number of benzene rings is 3. The fourth-order valence-electron chi connectivity index (χ4n) is 8.11. The number of carbonyl (C=O) groups excluding carboxylic acids is 1. The number of aryl methyl sites for hydroxylation is 2. The topological polar surface area (TPSA) is 70.6 Å². The van der Waals surface area contributed by atoms with Crippen LogP contribution >= 0.6 is 0 Å². The number of ether oxygens (including phenoxy) is 1. The lowest BCUT2D eigenvalue weighted by Crippen LogP contribution is -2.37. The molecule has 6 heteroatoms. The van der Waals surface area contributed by atoms with Crippen LogP contribution in [-0.2, 0) is 25.7 Å². The van der Waals surface area contributed by atoms with Crippen LogP contribution in [0.5, 0.6) is 11.5 Å². The lowest BCUT2D eigenvalue weighted by Gasteiger charge is -2.35. The Hall–Kier alpha value is -3.64. The van der Waals surface area contributed by atoms with Crippen LogP contribution in [0.2, 0.25) is 0 Å². The number of nitrogens with two attached hydrogens (primary N) is 1. The van der Waals surface area contributed by atoms with Crippen LogP contribution in [0.3, 0.4) is 0 Å². The van der Waals surface area contributed by atoms with Gasteiger partial charge in [-0.15, -0.1) is 0 Å². The highest BCUT2D eigenvalue weighted by Gasteiger charge is 2.35. The first kappa shape index (κ1) is 29.1. The molecule has 0 unspecified atom stereocenters. The highest BCUT2D eigenvalue weighted by molar-refractivity contribution is 5.96. The lowest BCUT2D eigenvalue weighted by molar-refractivity contribution is 0.0953. The van der Waals surface area contributed by atoms with Gasteiger partial charge in [0.2, 0.25) is 5.36 Å². The third kappa shape index (κ3) is 5.01. The normalized spacial score (nSPS) is 16.2. The van der Waals surface area contributed by atoms with Gasteiger partial charge in [0.15, 0.2) is 0 Å². The van der Waals surface area contributed by atoms with Gasteiger partial charge in [0.25, 0.3) is 5.91 Å². The Morgan fingerprint density at radius 3 is 2.68 bits per heavy atom. The van der Waals surface area contributed by atoms with E-state index in [0.29, 0.717) is 12.1 Å². The van der Waals surface area contributed by atoms with E-state index >= 15 is 0 Å². The molecular weight excluding hydrogens is 544 g/mol. The summed E-state index contributed by atoms with van der Waals surface area (Å²) >= 11 is 0. The van der Waals surface area contributed by atoms with Crippen LogP contribution in [0.25, 0.3) is 5.57 Å². The summed E-state index contributed by atoms with van der Waals surface area (Å²) in [6, 6.07) is 13.1. The maximum Gasteiger partial charge on any atom is 0.251 e. The standard InChI is InChI=1S/C38H46N4O2/c1-3-29-34-26(14-10-19-41(34)4-2)23-31-33(25-12-9-13-28(22-25)38(43)40-18-8-6-5-7-17-39)32-24-27-15-11-20-42-21-16-30(35(27)42)37(32)44-36(29)31/h9,12-13,22-24H,3-8,10-11,14-21,39H2,1-2H3/p+1. The minimum atomic E-state index is -0.00301. The molecule has 0 aliphatic carbocycles. The third-order valence-corrected chi connectivity index (χ3v) is 10.2. The summed E-state index contributed by atoms with van der Waals surface area (Å²) in [7, 11) is 0. The van der Waals surface area contributed by atoms with Crippen molar-refractivity contribution in [3.63, 3.8) is 0 Å². The Morgan fingerprint density at radius 2 is 1.84 bits per heavy atom. The molecule has 0 bridgehead atoms. The van der Waals surface area contributed by atoms with Crippen LogP contribution in [0.15, 0.2) is 36.4 Å². The molecule has 0 aromatic heterocycles. The fraction of sp³-hybridized carbons (Fsp3) is 0.474. The largest absolute Gasteiger partial charge is 0.455 e. The van der Waals surface area contributed by atoms with Crippen LogP contribution in [-0.4, -0.2) is 45.2 Å². The SMILES string of the molecule is CCc1c2c(cc3c1N(CC)CCC3)C(c1cccc(C(=O)NCCCCCCN)c1)=c1cc3c4c(c1O2)CC[N+]=4CCC3. The van der Waals surface area contributed by atoms with E-state index < -0.39 is 0 Å². The third-order valence-electron chi connectivity index (χ3n) is 10.2. The van der Waals surface area contributed by atoms with Gasteiger partial charge in [-0.25, -0.2) is 4.58 Å². The van der Waals surface area contributed by atoms with E-state index in [-0.39, 0.29) is 5.91 Å². The molecule has 3 aromatic rings. The molecule has 0 saturated carbocycles. The number of nitrogens with zero attached hydrogens (tertiary/aromatic N) is 2. The molecule has 4 aliphatic heterocycles. The zero-order valence-electron chi connectivity index (χ0n) is 26.6. The lowest BCUT2D eigenvalue weighted by atomic mass is 9.84. The van der Waals surface area contributed by atoms with Crippen LogP contribution in [0, 0.1) is 0 Å². The molecule has 44 heavy (non-hydrogen) atoms. The number of hydrogen-bond acceptors (Lipinski definition) is 4. The van der Waals surface area contributed by atoms with Crippen molar-refractivity contribution in [2.45, 2.75) is 78.1 Å². The zero-order chi connectivity index (χ0) is 30.2. The zero-order valence-corrected chi connectivity index (χ0v) is 26.6. The highest BCUT2D eigenvalue weighted by atomic mass is 16.5. The Balaban J connectivity index is 1.39. The van der Waals surface area contributed by atoms with Crippen molar-refractivity contribution in [3.8, 4) is 11.5 Å². The molecule has 0 fully saturated rings. The number of anilines is 1. The van der Waals surface area contributed by atoms with E-state index in [1.54, 1.807) is 0 Å². The number of nitrogens with one attached hydrogen (secondary N) is 1. The van der Waals surface area contributed by atoms with Crippen LogP contribution < -0.4 is 35.8 Å². The molecule has 4 aliphatic rings. The van der Waals surface area contributed by atoms with E-state index in [9.17, 15) is 4.79 Å². The summed E-state index contributed by atoms with van der Waals surface area (Å²) in [5.74, 6) is 2.06. The van der Waals surface area contributed by atoms with Crippen molar-refractivity contribution in [1.29, 1.82) is 0 Å². The van der Waals surface area contributed by atoms with E-state index in [0.717, 1.165) is 101 Å². The fourth-order valence-corrected chi connectivity index (χ4v) is 8.11. The number of carbonyl (C=O) groups is 1. The molecule has 7 rings (SSSR count). The summed E-state index contributed by atoms with van der Waals surface area (Å²) in [6.07, 6.45) is 10.7. The van der Waals surface area contributed by atoms with Crippen molar-refractivity contribution in [2.24, 2.45) is 5.73 Å². The maximum atomic E-state index is 13.3. The average molecular weight is 592 g/mol. The van der Waals surface area contributed by atoms with Crippen LogP contribution in [0.1, 0.15) is 96.1 Å². The summed E-state index contributed by atoms with van der Waals surface area (Å²) in [6.45, 7) is 10.3. The average Bonchev–Trinajstić information content (AvgIpc) is 3.50. The minimum Gasteiger partial charge on any atom is -0.455 e. The predicted molar refractivity (Wildman–Crippen MR) is 179 cm³/mol. The van der Waals surface area contributed by atoms with Gasteiger partial charge in [0.05, 0.1) is 5.56 Å².